The van der Waals surface area contributed by atoms with Crippen molar-refractivity contribution in [2.45, 2.75) is 12.8 Å². The number of carbonyl (C=O) groups is 2. The molecule has 5 heteroatoms. The van der Waals surface area contributed by atoms with Crippen LogP contribution in [0.5, 0.6) is 0 Å². The summed E-state index contributed by atoms with van der Waals surface area (Å²) in [5, 5.41) is 3.48. The number of hydrogen-bond acceptors (Lipinski definition) is 2. The second-order valence-corrected chi connectivity index (χ2v) is 6.39. The van der Waals surface area contributed by atoms with Crippen molar-refractivity contribution in [2.75, 3.05) is 18.4 Å². The molecule has 1 N–H and O–H groups in total. The van der Waals surface area contributed by atoms with Crippen LogP contribution in [0, 0.1) is 5.92 Å². The fourth-order valence-electron chi connectivity index (χ4n) is 2.95. The molecule has 0 aromatic heterocycles. The van der Waals surface area contributed by atoms with Crippen LogP contribution < -0.4 is 5.32 Å². The number of ketones is 1. The van der Waals surface area contributed by atoms with Gasteiger partial charge in [-0.1, -0.05) is 41.9 Å². The Morgan fingerprint density at radius 1 is 1.04 bits per heavy atom. The number of rotatable bonds is 3. The van der Waals surface area contributed by atoms with Crippen LogP contribution in [0.4, 0.5) is 10.5 Å². The van der Waals surface area contributed by atoms with Crippen molar-refractivity contribution in [1.82, 2.24) is 4.90 Å². The van der Waals surface area contributed by atoms with Gasteiger partial charge in [0.15, 0.2) is 5.78 Å². The molecule has 1 aliphatic heterocycles. The Morgan fingerprint density at radius 2 is 1.75 bits per heavy atom. The Balaban J connectivity index is 1.63. The van der Waals surface area contributed by atoms with Crippen molar-refractivity contribution in [3.63, 3.8) is 0 Å². The van der Waals surface area contributed by atoms with E-state index in [1.54, 1.807) is 29.2 Å². The predicted molar refractivity (Wildman–Crippen MR) is 95.5 cm³/mol. The van der Waals surface area contributed by atoms with Gasteiger partial charge in [-0.2, -0.15) is 0 Å². The van der Waals surface area contributed by atoms with E-state index >= 15 is 0 Å². The lowest BCUT2D eigenvalue weighted by Crippen LogP contribution is -2.44. The molecule has 3 rings (SSSR count). The minimum atomic E-state index is -0.178. The van der Waals surface area contributed by atoms with Gasteiger partial charge in [0, 0.05) is 35.3 Å². The van der Waals surface area contributed by atoms with Crippen LogP contribution in [0.25, 0.3) is 0 Å². The summed E-state index contributed by atoms with van der Waals surface area (Å²) in [6.45, 7) is 1.12. The average Bonchev–Trinajstić information content (AvgIpc) is 2.64. The summed E-state index contributed by atoms with van der Waals surface area (Å²) in [5.74, 6) is -0.0308. The van der Waals surface area contributed by atoms with Gasteiger partial charge in [0.25, 0.3) is 0 Å². The second kappa shape index (κ2) is 7.49. The fourth-order valence-corrected chi connectivity index (χ4v) is 3.08. The van der Waals surface area contributed by atoms with Gasteiger partial charge in [-0.15, -0.1) is 0 Å². The molecule has 1 fully saturated rings. The number of urea groups is 1. The van der Waals surface area contributed by atoms with Crippen molar-refractivity contribution >= 4 is 29.1 Å². The fraction of sp³-hybridized carbons (Fsp3) is 0.263. The van der Waals surface area contributed by atoms with E-state index in [4.69, 9.17) is 11.6 Å². The highest BCUT2D eigenvalue weighted by atomic mass is 35.5. The number of likely N-dealkylation sites (tertiary alicyclic amines) is 1. The van der Waals surface area contributed by atoms with E-state index in [0.717, 1.165) is 12.8 Å². The Morgan fingerprint density at radius 3 is 2.46 bits per heavy atom. The van der Waals surface area contributed by atoms with Crippen molar-refractivity contribution in [2.24, 2.45) is 5.92 Å². The number of benzene rings is 2. The lowest BCUT2D eigenvalue weighted by molar-refractivity contribution is 0.0851. The molecule has 0 saturated carbocycles. The molecule has 0 radical (unpaired) electrons. The zero-order valence-electron chi connectivity index (χ0n) is 13.2. The molecule has 4 nitrogen and oxygen atoms in total. The van der Waals surface area contributed by atoms with Crippen molar-refractivity contribution < 1.29 is 9.59 Å². The number of nitrogens with one attached hydrogen (secondary N) is 1. The number of nitrogens with zero attached hydrogens (tertiary/aromatic N) is 1. The summed E-state index contributed by atoms with van der Waals surface area (Å²) in [4.78, 5) is 26.7. The Labute approximate surface area is 146 Å². The zero-order valence-corrected chi connectivity index (χ0v) is 14.0. The van der Waals surface area contributed by atoms with Gasteiger partial charge in [-0.25, -0.2) is 4.79 Å². The number of hydrogen-bond donors (Lipinski definition) is 1. The van der Waals surface area contributed by atoms with E-state index in [9.17, 15) is 9.59 Å². The largest absolute Gasteiger partial charge is 0.324 e. The number of halogens is 1. The van der Waals surface area contributed by atoms with Gasteiger partial charge in [0.05, 0.1) is 0 Å². The maximum Gasteiger partial charge on any atom is 0.321 e. The molecule has 1 atom stereocenters. The summed E-state index contributed by atoms with van der Waals surface area (Å²) < 4.78 is 0. The van der Waals surface area contributed by atoms with Crippen LogP contribution in [0.2, 0.25) is 5.02 Å². The topological polar surface area (TPSA) is 49.4 Å². The minimum absolute atomic E-state index is 0.111. The molecule has 0 spiro atoms. The van der Waals surface area contributed by atoms with E-state index in [2.05, 4.69) is 5.32 Å². The summed E-state index contributed by atoms with van der Waals surface area (Å²) in [5.41, 5.74) is 1.41. The smallest absolute Gasteiger partial charge is 0.321 e. The Bertz CT molecular complexity index is 716. The minimum Gasteiger partial charge on any atom is -0.324 e. The van der Waals surface area contributed by atoms with Gasteiger partial charge in [0.1, 0.15) is 0 Å². The summed E-state index contributed by atoms with van der Waals surface area (Å²) in [6, 6.07) is 16.1. The molecule has 24 heavy (non-hydrogen) atoms. The molecular formula is C19H19ClN2O2. The summed E-state index contributed by atoms with van der Waals surface area (Å²) in [7, 11) is 0. The van der Waals surface area contributed by atoms with E-state index in [1.165, 1.54) is 0 Å². The third kappa shape index (κ3) is 3.95. The number of Topliss-reactive ketones (excluding diaryl/α,β-unsaturated/α-hetero) is 1. The highest BCUT2D eigenvalue weighted by Gasteiger charge is 2.28. The highest BCUT2D eigenvalue weighted by molar-refractivity contribution is 6.30. The van der Waals surface area contributed by atoms with Gasteiger partial charge >= 0.3 is 6.03 Å². The standard InChI is InChI=1S/C19H19ClN2O2/c20-16-8-10-17(11-9-16)21-19(24)22-12-4-7-15(13-22)18(23)14-5-2-1-3-6-14/h1-3,5-6,8-11,15H,4,7,12-13H2,(H,21,24). The van der Waals surface area contributed by atoms with Crippen LogP contribution in [0.15, 0.2) is 54.6 Å². The number of anilines is 1. The lowest BCUT2D eigenvalue weighted by atomic mass is 9.90. The first-order valence-electron chi connectivity index (χ1n) is 8.04. The van der Waals surface area contributed by atoms with Crippen LogP contribution in [0.3, 0.4) is 0 Å². The van der Waals surface area contributed by atoms with E-state index < -0.39 is 0 Å². The quantitative estimate of drug-likeness (QED) is 0.837. The molecule has 2 aromatic carbocycles. The molecule has 2 aromatic rings. The van der Waals surface area contributed by atoms with Crippen molar-refractivity contribution in [3.05, 3.63) is 65.2 Å². The number of carbonyl (C=O) groups excluding carboxylic acids is 2. The zero-order chi connectivity index (χ0) is 16.9. The Hall–Kier alpha value is -2.33. The van der Waals surface area contributed by atoms with Crippen LogP contribution in [-0.2, 0) is 0 Å². The van der Waals surface area contributed by atoms with Crippen LogP contribution >= 0.6 is 11.6 Å². The third-order valence-electron chi connectivity index (χ3n) is 4.23. The van der Waals surface area contributed by atoms with E-state index in [-0.39, 0.29) is 17.7 Å². The number of amides is 2. The monoisotopic (exact) mass is 342 g/mol. The van der Waals surface area contributed by atoms with Crippen LogP contribution in [0.1, 0.15) is 23.2 Å². The van der Waals surface area contributed by atoms with E-state index in [0.29, 0.717) is 29.4 Å². The molecule has 1 heterocycles. The first-order chi connectivity index (χ1) is 11.6. The molecule has 0 bridgehead atoms. The van der Waals surface area contributed by atoms with Crippen molar-refractivity contribution in [1.29, 1.82) is 0 Å². The first-order valence-corrected chi connectivity index (χ1v) is 8.42. The summed E-state index contributed by atoms with van der Waals surface area (Å²) in [6.07, 6.45) is 1.65. The SMILES string of the molecule is O=C(c1ccccc1)C1CCCN(C(=O)Nc2ccc(Cl)cc2)C1. The van der Waals surface area contributed by atoms with Gasteiger partial charge in [0.2, 0.25) is 0 Å². The van der Waals surface area contributed by atoms with Gasteiger partial charge in [-0.3, -0.25) is 4.79 Å². The third-order valence-corrected chi connectivity index (χ3v) is 4.49. The molecule has 2 amide bonds. The van der Waals surface area contributed by atoms with E-state index in [1.807, 2.05) is 30.3 Å². The second-order valence-electron chi connectivity index (χ2n) is 5.95. The maximum atomic E-state index is 12.6. The first kappa shape index (κ1) is 16.5. The van der Waals surface area contributed by atoms with Gasteiger partial charge < -0.3 is 10.2 Å². The summed E-state index contributed by atoms with van der Waals surface area (Å²) >= 11 is 5.85. The molecule has 1 aliphatic rings. The molecule has 1 saturated heterocycles. The van der Waals surface area contributed by atoms with Crippen LogP contribution in [-0.4, -0.2) is 29.8 Å². The van der Waals surface area contributed by atoms with Gasteiger partial charge in [-0.05, 0) is 37.1 Å². The maximum absolute atomic E-state index is 12.6. The average molecular weight is 343 g/mol. The number of piperidine rings is 1. The predicted octanol–water partition coefficient (Wildman–Crippen LogP) is 4.47. The van der Waals surface area contributed by atoms with Crippen molar-refractivity contribution in [3.8, 4) is 0 Å². The molecule has 1 unspecified atom stereocenters. The Kier molecular flexibility index (Phi) is 5.16. The lowest BCUT2D eigenvalue weighted by Gasteiger charge is -2.32. The molecular weight excluding hydrogens is 324 g/mol. The molecule has 124 valence electrons. The molecule has 0 aliphatic carbocycles. The normalized spacial score (nSPS) is 17.4. The highest BCUT2D eigenvalue weighted by Crippen LogP contribution is 2.22.